The van der Waals surface area contributed by atoms with Crippen molar-refractivity contribution in [3.8, 4) is 0 Å². The Morgan fingerprint density at radius 3 is 2.71 bits per heavy atom. The maximum absolute atomic E-state index is 13.8. The summed E-state index contributed by atoms with van der Waals surface area (Å²) < 4.78 is 18.8. The van der Waals surface area contributed by atoms with Crippen LogP contribution in [0, 0.1) is 12.7 Å². The number of aliphatic hydroxyl groups is 1. The summed E-state index contributed by atoms with van der Waals surface area (Å²) in [5.74, 6) is -0.547. The predicted molar refractivity (Wildman–Crippen MR) is 76.7 cm³/mol. The number of rotatable bonds is 4. The molecule has 0 spiro atoms. The molecule has 2 atom stereocenters. The molecule has 0 aliphatic heterocycles. The number of hydrogen-bond donors (Lipinski definition) is 2. The van der Waals surface area contributed by atoms with E-state index < -0.39 is 23.9 Å². The van der Waals surface area contributed by atoms with E-state index in [1.807, 2.05) is 0 Å². The number of aryl methyl sites for hydroxylation is 1. The number of amides is 1. The molecule has 2 N–H and O–H groups in total. The molecule has 4 nitrogen and oxygen atoms in total. The van der Waals surface area contributed by atoms with E-state index in [2.05, 4.69) is 5.32 Å². The normalized spacial score (nSPS) is 13.8. The summed E-state index contributed by atoms with van der Waals surface area (Å²) in [5, 5.41) is 12.9. The number of hydrogen-bond acceptors (Lipinski definition) is 3. The summed E-state index contributed by atoms with van der Waals surface area (Å²) >= 11 is 5.90. The Bertz CT molecular complexity index is 636. The molecular formula is C15H15ClFNO3. The quantitative estimate of drug-likeness (QED) is 0.911. The standard InChI is InChI=1S/C15H15ClFNO3/c1-8(18-15(20)10-6-7-21-9(10)2)14(19)13-11(16)4-3-5-12(13)17/h3-8,14,19H,1-2H3,(H,18,20)/t8-,14-/m0/s1. The first-order chi connectivity index (χ1) is 9.91. The molecule has 1 heterocycles. The van der Waals surface area contributed by atoms with Crippen LogP contribution in [0.1, 0.15) is 34.7 Å². The molecule has 112 valence electrons. The van der Waals surface area contributed by atoms with Gasteiger partial charge in [-0.25, -0.2) is 4.39 Å². The van der Waals surface area contributed by atoms with Crippen LogP contribution < -0.4 is 5.32 Å². The first kappa shape index (κ1) is 15.5. The SMILES string of the molecule is Cc1occc1C(=O)N[C@@H](C)[C@H](O)c1c(F)cccc1Cl. The van der Waals surface area contributed by atoms with Crippen molar-refractivity contribution >= 4 is 17.5 Å². The van der Waals surface area contributed by atoms with Gasteiger partial charge in [0, 0.05) is 10.6 Å². The van der Waals surface area contributed by atoms with Gasteiger partial charge in [-0.2, -0.15) is 0 Å². The van der Waals surface area contributed by atoms with Crippen LogP contribution >= 0.6 is 11.6 Å². The van der Waals surface area contributed by atoms with Gasteiger partial charge in [0.05, 0.1) is 17.9 Å². The van der Waals surface area contributed by atoms with Crippen molar-refractivity contribution in [2.45, 2.75) is 26.0 Å². The third-order valence-electron chi connectivity index (χ3n) is 3.23. The van der Waals surface area contributed by atoms with Crippen molar-refractivity contribution in [2.24, 2.45) is 0 Å². The lowest BCUT2D eigenvalue weighted by molar-refractivity contribution is 0.0844. The zero-order valence-corrected chi connectivity index (χ0v) is 12.3. The van der Waals surface area contributed by atoms with Crippen LogP contribution in [0.5, 0.6) is 0 Å². The summed E-state index contributed by atoms with van der Waals surface area (Å²) in [6, 6.07) is 4.95. The van der Waals surface area contributed by atoms with Crippen LogP contribution in [0.25, 0.3) is 0 Å². The van der Waals surface area contributed by atoms with Gasteiger partial charge < -0.3 is 14.8 Å². The molecular weight excluding hydrogens is 297 g/mol. The molecule has 21 heavy (non-hydrogen) atoms. The Hall–Kier alpha value is -1.85. The molecule has 6 heteroatoms. The fraction of sp³-hybridized carbons (Fsp3) is 0.267. The lowest BCUT2D eigenvalue weighted by Gasteiger charge is -2.21. The number of halogens is 2. The van der Waals surface area contributed by atoms with Gasteiger partial charge in [-0.1, -0.05) is 17.7 Å². The van der Waals surface area contributed by atoms with E-state index in [9.17, 15) is 14.3 Å². The van der Waals surface area contributed by atoms with E-state index in [0.717, 1.165) is 0 Å². The number of nitrogens with one attached hydrogen (secondary N) is 1. The van der Waals surface area contributed by atoms with Gasteiger partial charge in [0.25, 0.3) is 5.91 Å². The Labute approximate surface area is 126 Å². The smallest absolute Gasteiger partial charge is 0.255 e. The van der Waals surface area contributed by atoms with Gasteiger partial charge in [-0.3, -0.25) is 4.79 Å². The lowest BCUT2D eigenvalue weighted by atomic mass is 10.0. The minimum absolute atomic E-state index is 0.0316. The van der Waals surface area contributed by atoms with Gasteiger partial charge in [0.2, 0.25) is 0 Å². The summed E-state index contributed by atoms with van der Waals surface area (Å²) in [5.41, 5.74) is 0.338. The maximum Gasteiger partial charge on any atom is 0.255 e. The minimum Gasteiger partial charge on any atom is -0.469 e. The molecule has 0 aliphatic carbocycles. The van der Waals surface area contributed by atoms with Crippen LogP contribution in [0.3, 0.4) is 0 Å². The van der Waals surface area contributed by atoms with Gasteiger partial charge >= 0.3 is 0 Å². The molecule has 1 aromatic carbocycles. The van der Waals surface area contributed by atoms with Gasteiger partial charge in [0.15, 0.2) is 0 Å². The number of carbonyl (C=O) groups excluding carboxylic acids is 1. The highest BCUT2D eigenvalue weighted by molar-refractivity contribution is 6.31. The highest BCUT2D eigenvalue weighted by Gasteiger charge is 2.25. The van der Waals surface area contributed by atoms with Crippen molar-refractivity contribution in [3.05, 3.63) is 58.3 Å². The van der Waals surface area contributed by atoms with E-state index in [1.54, 1.807) is 13.8 Å². The maximum atomic E-state index is 13.8. The Balaban J connectivity index is 2.15. The van der Waals surface area contributed by atoms with Crippen molar-refractivity contribution in [3.63, 3.8) is 0 Å². The van der Waals surface area contributed by atoms with E-state index in [1.165, 1.54) is 30.5 Å². The summed E-state index contributed by atoms with van der Waals surface area (Å²) in [4.78, 5) is 12.0. The lowest BCUT2D eigenvalue weighted by Crippen LogP contribution is -2.37. The molecule has 0 saturated carbocycles. The fourth-order valence-corrected chi connectivity index (χ4v) is 2.30. The van der Waals surface area contributed by atoms with Gasteiger partial charge in [0.1, 0.15) is 17.7 Å². The second-order valence-corrected chi connectivity index (χ2v) is 5.14. The van der Waals surface area contributed by atoms with E-state index >= 15 is 0 Å². The molecule has 0 aliphatic rings. The number of benzene rings is 1. The molecule has 0 bridgehead atoms. The highest BCUT2D eigenvalue weighted by Crippen LogP contribution is 2.28. The third kappa shape index (κ3) is 3.25. The third-order valence-corrected chi connectivity index (χ3v) is 3.56. The molecule has 2 rings (SSSR count). The Morgan fingerprint density at radius 2 is 2.14 bits per heavy atom. The van der Waals surface area contributed by atoms with Crippen LogP contribution in [0.4, 0.5) is 4.39 Å². The Morgan fingerprint density at radius 1 is 1.43 bits per heavy atom. The van der Waals surface area contributed by atoms with Crippen LogP contribution in [0.2, 0.25) is 5.02 Å². The van der Waals surface area contributed by atoms with Crippen LogP contribution in [-0.2, 0) is 0 Å². The van der Waals surface area contributed by atoms with Crippen molar-refractivity contribution in [1.82, 2.24) is 5.32 Å². The zero-order valence-electron chi connectivity index (χ0n) is 11.6. The van der Waals surface area contributed by atoms with Crippen molar-refractivity contribution < 1.29 is 18.7 Å². The fourth-order valence-electron chi connectivity index (χ4n) is 2.03. The predicted octanol–water partition coefficient (Wildman–Crippen LogP) is 3.23. The highest BCUT2D eigenvalue weighted by atomic mass is 35.5. The second-order valence-electron chi connectivity index (χ2n) is 4.73. The minimum atomic E-state index is -1.25. The zero-order chi connectivity index (χ0) is 15.6. The van der Waals surface area contributed by atoms with Crippen molar-refractivity contribution in [1.29, 1.82) is 0 Å². The Kier molecular flexibility index (Phi) is 4.65. The first-order valence-electron chi connectivity index (χ1n) is 6.38. The number of carbonyl (C=O) groups is 1. The molecule has 0 fully saturated rings. The van der Waals surface area contributed by atoms with Gasteiger partial charge in [-0.15, -0.1) is 0 Å². The molecule has 0 saturated heterocycles. The first-order valence-corrected chi connectivity index (χ1v) is 6.76. The largest absolute Gasteiger partial charge is 0.469 e. The van der Waals surface area contributed by atoms with Gasteiger partial charge in [-0.05, 0) is 32.0 Å². The molecule has 0 unspecified atom stereocenters. The number of aliphatic hydroxyl groups excluding tert-OH is 1. The average molecular weight is 312 g/mol. The monoisotopic (exact) mass is 311 g/mol. The topological polar surface area (TPSA) is 62.5 Å². The van der Waals surface area contributed by atoms with E-state index in [0.29, 0.717) is 11.3 Å². The summed E-state index contributed by atoms with van der Waals surface area (Å²) in [6.45, 7) is 3.23. The van der Waals surface area contributed by atoms with E-state index in [-0.39, 0.29) is 10.6 Å². The number of furan rings is 1. The summed E-state index contributed by atoms with van der Waals surface area (Å²) in [7, 11) is 0. The van der Waals surface area contributed by atoms with E-state index in [4.69, 9.17) is 16.0 Å². The van der Waals surface area contributed by atoms with Crippen molar-refractivity contribution in [2.75, 3.05) is 0 Å². The molecule has 0 radical (unpaired) electrons. The van der Waals surface area contributed by atoms with Crippen LogP contribution in [-0.4, -0.2) is 17.1 Å². The summed E-state index contributed by atoms with van der Waals surface area (Å²) in [6.07, 6.45) is 0.147. The molecule has 1 aromatic heterocycles. The second kappa shape index (κ2) is 6.28. The van der Waals surface area contributed by atoms with Crippen LogP contribution in [0.15, 0.2) is 34.9 Å². The molecule has 2 aromatic rings. The average Bonchev–Trinajstić information content (AvgIpc) is 2.84. The molecule has 1 amide bonds.